The van der Waals surface area contributed by atoms with Crippen molar-refractivity contribution in [2.75, 3.05) is 13.1 Å². The highest BCUT2D eigenvalue weighted by molar-refractivity contribution is 5.88. The van der Waals surface area contributed by atoms with E-state index in [1.165, 1.54) is 5.70 Å². The molecule has 3 rings (SSSR count). The molecule has 2 heterocycles. The molecule has 2 aliphatic heterocycles. The van der Waals surface area contributed by atoms with E-state index >= 15 is 0 Å². The molecule has 0 unspecified atom stereocenters. The van der Waals surface area contributed by atoms with Crippen molar-refractivity contribution in [3.63, 3.8) is 0 Å². The zero-order chi connectivity index (χ0) is 10.5. The molecule has 0 aromatic rings. The van der Waals surface area contributed by atoms with Gasteiger partial charge in [0.2, 0.25) is 0 Å². The molecule has 1 N–H and O–H groups in total. The summed E-state index contributed by atoms with van der Waals surface area (Å²) in [5, 5.41) is 3.50. The SMILES string of the molecule is C[C@]12CC[C@@H]3NCCN3C1=CCCC2=O. The van der Waals surface area contributed by atoms with Crippen LogP contribution < -0.4 is 5.32 Å². The number of carbonyl (C=O) groups excluding carboxylic acids is 1. The van der Waals surface area contributed by atoms with Gasteiger partial charge in [0.25, 0.3) is 0 Å². The molecule has 3 aliphatic rings. The largest absolute Gasteiger partial charge is 0.357 e. The van der Waals surface area contributed by atoms with Crippen molar-refractivity contribution < 1.29 is 4.79 Å². The first-order valence-electron chi connectivity index (χ1n) is 5.96. The number of piperidine rings is 1. The maximum atomic E-state index is 12.1. The molecule has 0 amide bonds. The second kappa shape index (κ2) is 3.08. The predicted molar refractivity (Wildman–Crippen MR) is 58.2 cm³/mol. The van der Waals surface area contributed by atoms with Gasteiger partial charge in [-0.05, 0) is 26.2 Å². The van der Waals surface area contributed by atoms with Crippen LogP contribution in [0.5, 0.6) is 0 Å². The summed E-state index contributed by atoms with van der Waals surface area (Å²) in [4.78, 5) is 14.5. The second-order valence-electron chi connectivity index (χ2n) is 5.09. The number of nitrogens with one attached hydrogen (secondary N) is 1. The zero-order valence-electron chi connectivity index (χ0n) is 9.25. The molecule has 1 aliphatic carbocycles. The normalized spacial score (nSPS) is 39.8. The van der Waals surface area contributed by atoms with Crippen molar-refractivity contribution in [2.24, 2.45) is 5.41 Å². The molecule has 3 heteroatoms. The number of Topliss-reactive ketones (excluding diaryl/α,β-unsaturated/α-hetero) is 1. The Bertz CT molecular complexity index is 337. The summed E-state index contributed by atoms with van der Waals surface area (Å²) < 4.78 is 0. The van der Waals surface area contributed by atoms with Crippen molar-refractivity contribution in [3.8, 4) is 0 Å². The summed E-state index contributed by atoms with van der Waals surface area (Å²) in [7, 11) is 0. The lowest BCUT2D eigenvalue weighted by Gasteiger charge is -2.46. The summed E-state index contributed by atoms with van der Waals surface area (Å²) in [5.74, 6) is 0.449. The highest BCUT2D eigenvalue weighted by atomic mass is 16.1. The lowest BCUT2D eigenvalue weighted by molar-refractivity contribution is -0.129. The first-order valence-corrected chi connectivity index (χ1v) is 5.96. The summed E-state index contributed by atoms with van der Waals surface area (Å²) >= 11 is 0. The Morgan fingerprint density at radius 1 is 1.60 bits per heavy atom. The van der Waals surface area contributed by atoms with Crippen LogP contribution in [0.15, 0.2) is 11.8 Å². The molecule has 0 spiro atoms. The van der Waals surface area contributed by atoms with Gasteiger partial charge < -0.3 is 4.90 Å². The molecule has 15 heavy (non-hydrogen) atoms. The number of hydrogen-bond donors (Lipinski definition) is 1. The average Bonchev–Trinajstić information content (AvgIpc) is 2.68. The van der Waals surface area contributed by atoms with Crippen LogP contribution in [0.2, 0.25) is 0 Å². The molecule has 0 aromatic carbocycles. The summed E-state index contributed by atoms with van der Waals surface area (Å²) in [6.07, 6.45) is 6.60. The van der Waals surface area contributed by atoms with Gasteiger partial charge in [0, 0.05) is 25.2 Å². The van der Waals surface area contributed by atoms with Crippen LogP contribution in [0, 0.1) is 5.41 Å². The van der Waals surface area contributed by atoms with Gasteiger partial charge in [-0.3, -0.25) is 10.1 Å². The van der Waals surface area contributed by atoms with Crippen LogP contribution in [-0.4, -0.2) is 29.9 Å². The van der Waals surface area contributed by atoms with Gasteiger partial charge >= 0.3 is 0 Å². The first kappa shape index (κ1) is 9.40. The molecule has 0 radical (unpaired) electrons. The second-order valence-corrected chi connectivity index (χ2v) is 5.09. The molecule has 0 bridgehead atoms. The van der Waals surface area contributed by atoms with E-state index in [-0.39, 0.29) is 5.41 Å². The third-order valence-electron chi connectivity index (χ3n) is 4.23. The van der Waals surface area contributed by atoms with E-state index in [9.17, 15) is 4.79 Å². The van der Waals surface area contributed by atoms with E-state index in [1.54, 1.807) is 0 Å². The molecule has 0 aromatic heterocycles. The number of allylic oxidation sites excluding steroid dienone is 2. The zero-order valence-corrected chi connectivity index (χ0v) is 9.25. The molecule has 2 fully saturated rings. The lowest BCUT2D eigenvalue weighted by Crippen LogP contribution is -2.49. The van der Waals surface area contributed by atoms with E-state index < -0.39 is 0 Å². The fourth-order valence-electron chi connectivity index (χ4n) is 3.27. The summed E-state index contributed by atoms with van der Waals surface area (Å²) in [6, 6.07) is 0. The summed E-state index contributed by atoms with van der Waals surface area (Å²) in [6.45, 7) is 4.26. The number of rotatable bonds is 0. The average molecular weight is 206 g/mol. The van der Waals surface area contributed by atoms with Gasteiger partial charge in [0.05, 0.1) is 11.6 Å². The van der Waals surface area contributed by atoms with Gasteiger partial charge in [-0.15, -0.1) is 0 Å². The van der Waals surface area contributed by atoms with E-state index in [0.29, 0.717) is 11.9 Å². The van der Waals surface area contributed by atoms with Crippen LogP contribution in [0.25, 0.3) is 0 Å². The van der Waals surface area contributed by atoms with Crippen LogP contribution in [0.4, 0.5) is 0 Å². The fraction of sp³-hybridized carbons (Fsp3) is 0.750. The van der Waals surface area contributed by atoms with E-state index in [4.69, 9.17) is 0 Å². The van der Waals surface area contributed by atoms with E-state index in [2.05, 4.69) is 23.2 Å². The highest BCUT2D eigenvalue weighted by Crippen LogP contribution is 2.45. The van der Waals surface area contributed by atoms with Gasteiger partial charge in [-0.2, -0.15) is 0 Å². The quantitative estimate of drug-likeness (QED) is 0.647. The molecule has 2 saturated heterocycles. The fourth-order valence-corrected chi connectivity index (χ4v) is 3.27. The number of nitrogens with zero attached hydrogens (tertiary/aromatic N) is 1. The van der Waals surface area contributed by atoms with Gasteiger partial charge in [-0.1, -0.05) is 6.08 Å². The topological polar surface area (TPSA) is 32.3 Å². The van der Waals surface area contributed by atoms with Crippen LogP contribution in [0.3, 0.4) is 0 Å². The monoisotopic (exact) mass is 206 g/mol. The maximum absolute atomic E-state index is 12.1. The minimum absolute atomic E-state index is 0.166. The van der Waals surface area contributed by atoms with Crippen molar-refractivity contribution in [3.05, 3.63) is 11.8 Å². The third-order valence-corrected chi connectivity index (χ3v) is 4.23. The predicted octanol–water partition coefficient (Wildman–Crippen LogP) is 1.26. The molecule has 0 saturated carbocycles. The summed E-state index contributed by atoms with van der Waals surface area (Å²) in [5.41, 5.74) is 1.14. The molecule has 3 nitrogen and oxygen atoms in total. The molecular formula is C12H18N2O. The van der Waals surface area contributed by atoms with E-state index in [0.717, 1.165) is 38.8 Å². The molecular weight excluding hydrogens is 188 g/mol. The Balaban J connectivity index is 2.00. The van der Waals surface area contributed by atoms with Crippen molar-refractivity contribution in [1.29, 1.82) is 0 Å². The van der Waals surface area contributed by atoms with Crippen LogP contribution in [0.1, 0.15) is 32.6 Å². The van der Waals surface area contributed by atoms with Gasteiger partial charge in [0.15, 0.2) is 0 Å². The van der Waals surface area contributed by atoms with Gasteiger partial charge in [0.1, 0.15) is 5.78 Å². The van der Waals surface area contributed by atoms with Crippen molar-refractivity contribution in [2.45, 2.75) is 38.8 Å². The first-order chi connectivity index (χ1) is 7.22. The number of hydrogen-bond acceptors (Lipinski definition) is 3. The maximum Gasteiger partial charge on any atom is 0.144 e. The highest BCUT2D eigenvalue weighted by Gasteiger charge is 2.47. The Labute approximate surface area is 90.5 Å². The molecule has 82 valence electrons. The van der Waals surface area contributed by atoms with Gasteiger partial charge in [-0.25, -0.2) is 0 Å². The number of ketones is 1. The lowest BCUT2D eigenvalue weighted by atomic mass is 9.70. The minimum Gasteiger partial charge on any atom is -0.357 e. The number of fused-ring (bicyclic) bond motifs is 3. The third kappa shape index (κ3) is 1.19. The van der Waals surface area contributed by atoms with Crippen molar-refractivity contribution in [1.82, 2.24) is 10.2 Å². The smallest absolute Gasteiger partial charge is 0.144 e. The Kier molecular flexibility index (Phi) is 1.93. The number of carbonyl (C=O) groups is 1. The standard InChI is InChI=1S/C12H18N2O/c1-12-6-5-11-13-7-8-14(11)9(12)3-2-4-10(12)15/h3,11,13H,2,4-8H2,1H3/t11-,12+/m1/s1. The Hall–Kier alpha value is -0.830. The Morgan fingerprint density at radius 2 is 2.47 bits per heavy atom. The Morgan fingerprint density at radius 3 is 3.33 bits per heavy atom. The molecule has 2 atom stereocenters. The minimum atomic E-state index is -0.166. The van der Waals surface area contributed by atoms with Crippen molar-refractivity contribution >= 4 is 5.78 Å². The van der Waals surface area contributed by atoms with Crippen LogP contribution in [-0.2, 0) is 4.79 Å². The van der Waals surface area contributed by atoms with E-state index in [1.807, 2.05) is 0 Å². The van der Waals surface area contributed by atoms with Crippen LogP contribution >= 0.6 is 0 Å².